The number of thioether (sulfide) groups is 1. The molecule has 0 saturated carbocycles. The largest absolute Gasteiger partial charge is 0.311 e. The van der Waals surface area contributed by atoms with Crippen LogP contribution in [0.25, 0.3) is 27.5 Å². The van der Waals surface area contributed by atoms with E-state index in [9.17, 15) is 0 Å². The summed E-state index contributed by atoms with van der Waals surface area (Å²) in [4.78, 5) is 3.89. The topological polar surface area (TPSA) is 8.17 Å². The summed E-state index contributed by atoms with van der Waals surface area (Å²) in [5.41, 5.74) is 11.8. The SMILES string of the molecule is CC1(C)c2cccc(-n3c4ccccc4c4ccccc43)c2C2C=CC(N(C3=CC4c5ccccc5SC4C=C3)c3ccccc3)=CC21. The van der Waals surface area contributed by atoms with Gasteiger partial charge in [-0.1, -0.05) is 123 Å². The van der Waals surface area contributed by atoms with Crippen molar-refractivity contribution in [3.05, 3.63) is 186 Å². The lowest BCUT2D eigenvalue weighted by Crippen LogP contribution is -2.30. The molecule has 4 unspecified atom stereocenters. The zero-order chi connectivity index (χ0) is 32.0. The van der Waals surface area contributed by atoms with Crippen molar-refractivity contribution in [2.75, 3.05) is 4.90 Å². The highest BCUT2D eigenvalue weighted by Crippen LogP contribution is 2.56. The molecule has 0 saturated heterocycles. The van der Waals surface area contributed by atoms with Crippen LogP contribution in [0.2, 0.25) is 0 Å². The third-order valence-corrected chi connectivity index (χ3v) is 12.6. The van der Waals surface area contributed by atoms with E-state index in [1.165, 1.54) is 66.2 Å². The zero-order valence-electron chi connectivity index (χ0n) is 27.1. The van der Waals surface area contributed by atoms with E-state index in [1.807, 2.05) is 11.8 Å². The van der Waals surface area contributed by atoms with Crippen molar-refractivity contribution in [1.82, 2.24) is 4.57 Å². The number of para-hydroxylation sites is 3. The summed E-state index contributed by atoms with van der Waals surface area (Å²) in [5, 5.41) is 3.06. The van der Waals surface area contributed by atoms with E-state index in [4.69, 9.17) is 0 Å². The van der Waals surface area contributed by atoms with Crippen LogP contribution in [0.3, 0.4) is 0 Å². The molecule has 0 bridgehead atoms. The van der Waals surface area contributed by atoms with Crippen LogP contribution in [0.4, 0.5) is 5.69 Å². The fourth-order valence-corrected chi connectivity index (χ4v) is 10.3. The normalized spacial score (nSPS) is 23.0. The predicted octanol–water partition coefficient (Wildman–Crippen LogP) is 11.4. The third-order valence-electron chi connectivity index (χ3n) is 11.2. The number of nitrogens with zero attached hydrogens (tertiary/aromatic N) is 2. The van der Waals surface area contributed by atoms with Crippen LogP contribution in [0.1, 0.15) is 42.4 Å². The van der Waals surface area contributed by atoms with Gasteiger partial charge in [-0.25, -0.2) is 0 Å². The quantitative estimate of drug-likeness (QED) is 0.190. The Hall–Kier alpha value is -4.99. The molecule has 232 valence electrons. The van der Waals surface area contributed by atoms with Crippen LogP contribution in [0.15, 0.2) is 174 Å². The Morgan fingerprint density at radius 1 is 0.625 bits per heavy atom. The average molecular weight is 637 g/mol. The second-order valence-electron chi connectivity index (χ2n) is 14.1. The van der Waals surface area contributed by atoms with Gasteiger partial charge in [-0.2, -0.15) is 0 Å². The Bertz CT molecular complexity index is 2330. The number of aromatic nitrogens is 1. The van der Waals surface area contributed by atoms with Gasteiger partial charge in [0.25, 0.3) is 0 Å². The van der Waals surface area contributed by atoms with Crippen molar-refractivity contribution in [2.45, 2.75) is 41.2 Å². The van der Waals surface area contributed by atoms with Gasteiger partial charge in [-0.15, -0.1) is 11.8 Å². The minimum absolute atomic E-state index is 0.0456. The molecule has 1 aromatic heterocycles. The molecule has 0 fully saturated rings. The van der Waals surface area contributed by atoms with E-state index in [-0.39, 0.29) is 11.3 Å². The number of allylic oxidation sites excluding steroid dienone is 5. The van der Waals surface area contributed by atoms with Gasteiger partial charge in [-0.3, -0.25) is 0 Å². The highest BCUT2D eigenvalue weighted by molar-refractivity contribution is 8.00. The highest BCUT2D eigenvalue weighted by atomic mass is 32.2. The molecule has 4 atom stereocenters. The van der Waals surface area contributed by atoms with E-state index in [1.54, 1.807) is 0 Å². The van der Waals surface area contributed by atoms with Gasteiger partial charge >= 0.3 is 0 Å². The first-order valence-corrected chi connectivity index (χ1v) is 18.0. The van der Waals surface area contributed by atoms with E-state index < -0.39 is 0 Å². The number of rotatable bonds is 4. The van der Waals surface area contributed by atoms with E-state index in [0.717, 1.165) is 0 Å². The lowest BCUT2D eigenvalue weighted by atomic mass is 9.74. The fraction of sp³-hybridized carbons (Fsp3) is 0.156. The molecule has 0 spiro atoms. The van der Waals surface area contributed by atoms with Crippen molar-refractivity contribution in [3.8, 4) is 5.69 Å². The highest BCUT2D eigenvalue weighted by Gasteiger charge is 2.47. The lowest BCUT2D eigenvalue weighted by Gasteiger charge is -2.36. The van der Waals surface area contributed by atoms with Crippen molar-refractivity contribution in [3.63, 3.8) is 0 Å². The first kappa shape index (κ1) is 28.1. The van der Waals surface area contributed by atoms with Gasteiger partial charge in [0.2, 0.25) is 0 Å². The molecule has 10 rings (SSSR count). The van der Waals surface area contributed by atoms with Gasteiger partial charge in [0.15, 0.2) is 0 Å². The molecule has 2 heterocycles. The van der Waals surface area contributed by atoms with Crippen LogP contribution in [0.5, 0.6) is 0 Å². The molecule has 5 aromatic carbocycles. The van der Waals surface area contributed by atoms with Crippen molar-refractivity contribution in [1.29, 1.82) is 0 Å². The van der Waals surface area contributed by atoms with Gasteiger partial charge in [0, 0.05) is 49.8 Å². The molecule has 4 aliphatic rings. The molecular weight excluding hydrogens is 601 g/mol. The summed E-state index contributed by atoms with van der Waals surface area (Å²) < 4.78 is 2.51. The lowest BCUT2D eigenvalue weighted by molar-refractivity contribution is 0.392. The molecular formula is C45H36N2S. The molecule has 0 N–H and O–H groups in total. The minimum atomic E-state index is -0.0456. The second-order valence-corrected chi connectivity index (χ2v) is 15.3. The van der Waals surface area contributed by atoms with Crippen LogP contribution in [-0.4, -0.2) is 9.82 Å². The number of benzene rings is 5. The predicted molar refractivity (Wildman–Crippen MR) is 202 cm³/mol. The Labute approximate surface area is 286 Å². The number of fused-ring (bicyclic) bond motifs is 9. The third kappa shape index (κ3) is 4.01. The summed E-state index contributed by atoms with van der Waals surface area (Å²) in [6, 6.07) is 44.5. The first-order valence-electron chi connectivity index (χ1n) is 17.1. The Morgan fingerprint density at radius 2 is 1.29 bits per heavy atom. The van der Waals surface area contributed by atoms with Crippen LogP contribution in [0, 0.1) is 5.92 Å². The molecule has 3 aliphatic carbocycles. The monoisotopic (exact) mass is 636 g/mol. The Balaban J connectivity index is 1.11. The van der Waals surface area contributed by atoms with Crippen molar-refractivity contribution in [2.24, 2.45) is 5.92 Å². The average Bonchev–Trinajstić information content (AvgIpc) is 3.74. The van der Waals surface area contributed by atoms with Crippen molar-refractivity contribution >= 4 is 39.3 Å². The molecule has 0 amide bonds. The van der Waals surface area contributed by atoms with Gasteiger partial charge in [0.1, 0.15) is 0 Å². The maximum Gasteiger partial charge on any atom is 0.0541 e. The van der Waals surface area contributed by atoms with E-state index >= 15 is 0 Å². The summed E-state index contributed by atoms with van der Waals surface area (Å²) in [6.07, 6.45) is 14.7. The molecule has 6 aromatic rings. The smallest absolute Gasteiger partial charge is 0.0541 e. The van der Waals surface area contributed by atoms with Gasteiger partial charge in [-0.05, 0) is 76.6 Å². The van der Waals surface area contributed by atoms with E-state index in [0.29, 0.717) is 17.1 Å². The Kier molecular flexibility index (Phi) is 6.14. The molecule has 1 aliphatic heterocycles. The summed E-state index contributed by atoms with van der Waals surface area (Å²) in [7, 11) is 0. The van der Waals surface area contributed by atoms with Gasteiger partial charge in [0.05, 0.1) is 16.7 Å². The molecule has 2 nitrogen and oxygen atoms in total. The van der Waals surface area contributed by atoms with Crippen LogP contribution in [-0.2, 0) is 5.41 Å². The van der Waals surface area contributed by atoms with Gasteiger partial charge < -0.3 is 9.47 Å². The second kappa shape index (κ2) is 10.5. The maximum absolute atomic E-state index is 2.57. The standard InChI is InChI=1S/C45H36N2S/c1-45(2)37-18-12-21-41(47-39-19-9-6-15-32(39)33-16-7-10-20-40(33)47)44(37)35-25-23-31(28-38(35)45)46(29-13-4-3-5-14-29)30-24-26-43-36(27-30)34-17-8-11-22-42(34)48-43/h3-28,35-36,38,43H,1-2H3. The zero-order valence-corrected chi connectivity index (χ0v) is 27.9. The van der Waals surface area contributed by atoms with E-state index in [2.05, 4.69) is 181 Å². The number of hydrogen-bond donors (Lipinski definition) is 0. The maximum atomic E-state index is 2.57. The summed E-state index contributed by atoms with van der Waals surface area (Å²) in [5.74, 6) is 0.974. The summed E-state index contributed by atoms with van der Waals surface area (Å²) >= 11 is 1.99. The molecule has 0 radical (unpaired) electrons. The first-order chi connectivity index (χ1) is 23.6. The molecule has 3 heteroatoms. The number of anilines is 1. The minimum Gasteiger partial charge on any atom is -0.311 e. The summed E-state index contributed by atoms with van der Waals surface area (Å²) in [6.45, 7) is 4.90. The van der Waals surface area contributed by atoms with Crippen LogP contribution >= 0.6 is 11.8 Å². The molecule has 48 heavy (non-hydrogen) atoms. The van der Waals surface area contributed by atoms with Crippen LogP contribution < -0.4 is 4.90 Å². The Morgan fingerprint density at radius 3 is 2.08 bits per heavy atom. The fourth-order valence-electron chi connectivity index (χ4n) is 8.98. The number of hydrogen-bond acceptors (Lipinski definition) is 2. The van der Waals surface area contributed by atoms with Crippen molar-refractivity contribution < 1.29 is 0 Å².